The lowest BCUT2D eigenvalue weighted by Crippen LogP contribution is -2.34. The molecule has 1 aliphatic rings. The lowest BCUT2D eigenvalue weighted by molar-refractivity contribution is -0.129. The Morgan fingerprint density at radius 1 is 1.11 bits per heavy atom. The maximum atomic E-state index is 12.7. The van der Waals surface area contributed by atoms with Gasteiger partial charge in [0.05, 0.1) is 17.5 Å². The number of hydrogen-bond acceptors (Lipinski definition) is 3. The van der Waals surface area contributed by atoms with Crippen molar-refractivity contribution in [1.29, 1.82) is 0 Å². The third-order valence-corrected chi connectivity index (χ3v) is 6.20. The summed E-state index contributed by atoms with van der Waals surface area (Å²) >= 11 is 1.44. The smallest absolute Gasteiger partial charge is 0.233 e. The Balaban J connectivity index is 1.93. The maximum absolute atomic E-state index is 12.7. The lowest BCUT2D eigenvalue weighted by atomic mass is 9.86. The predicted molar refractivity (Wildman–Crippen MR) is 114 cm³/mol. The van der Waals surface area contributed by atoms with E-state index in [1.807, 2.05) is 23.6 Å². The third-order valence-electron chi connectivity index (χ3n) is 5.30. The van der Waals surface area contributed by atoms with Crippen molar-refractivity contribution in [3.63, 3.8) is 0 Å². The summed E-state index contributed by atoms with van der Waals surface area (Å²) in [5, 5.41) is 0. The van der Waals surface area contributed by atoms with Crippen LogP contribution in [0.2, 0.25) is 0 Å². The Bertz CT molecular complexity index is 633. The Kier molecular flexibility index (Phi) is 7.78. The van der Waals surface area contributed by atoms with Gasteiger partial charge in [0.25, 0.3) is 0 Å². The van der Waals surface area contributed by atoms with Gasteiger partial charge in [-0.05, 0) is 43.2 Å². The van der Waals surface area contributed by atoms with Crippen LogP contribution >= 0.6 is 11.8 Å². The molecule has 27 heavy (non-hydrogen) atoms. The topological polar surface area (TPSA) is 40.6 Å². The van der Waals surface area contributed by atoms with E-state index in [0.717, 1.165) is 32.5 Å². The summed E-state index contributed by atoms with van der Waals surface area (Å²) < 4.78 is 0. The Labute approximate surface area is 168 Å². The number of carbonyl (C=O) groups is 2. The normalized spacial score (nSPS) is 17.2. The zero-order chi connectivity index (χ0) is 20.0. The van der Waals surface area contributed by atoms with Crippen molar-refractivity contribution in [2.24, 2.45) is 0 Å². The minimum absolute atomic E-state index is 0.119. The van der Waals surface area contributed by atoms with Gasteiger partial charge in [0, 0.05) is 19.6 Å². The first-order valence-corrected chi connectivity index (χ1v) is 11.2. The zero-order valence-corrected chi connectivity index (χ0v) is 18.3. The van der Waals surface area contributed by atoms with Crippen molar-refractivity contribution in [2.75, 3.05) is 31.1 Å². The van der Waals surface area contributed by atoms with Gasteiger partial charge < -0.3 is 9.80 Å². The summed E-state index contributed by atoms with van der Waals surface area (Å²) in [4.78, 5) is 28.6. The van der Waals surface area contributed by atoms with Gasteiger partial charge in [0.2, 0.25) is 11.8 Å². The number of hydrogen-bond donors (Lipinski definition) is 0. The summed E-state index contributed by atoms with van der Waals surface area (Å²) in [6, 6.07) is 8.90. The largest absolute Gasteiger partial charge is 0.343 e. The first-order valence-electron chi connectivity index (χ1n) is 10.0. The quantitative estimate of drug-likeness (QED) is 0.699. The molecule has 0 bridgehead atoms. The number of thioether (sulfide) groups is 1. The Morgan fingerprint density at radius 3 is 2.30 bits per heavy atom. The number of nitrogens with zero attached hydrogens (tertiary/aromatic N) is 2. The van der Waals surface area contributed by atoms with E-state index in [1.54, 1.807) is 0 Å². The fourth-order valence-corrected chi connectivity index (χ4v) is 4.39. The molecule has 0 aliphatic carbocycles. The average Bonchev–Trinajstić information content (AvgIpc) is 3.12. The molecule has 2 amide bonds. The van der Waals surface area contributed by atoms with Gasteiger partial charge in [-0.15, -0.1) is 11.8 Å². The molecule has 0 radical (unpaired) electrons. The molecule has 0 saturated carbocycles. The maximum Gasteiger partial charge on any atom is 0.233 e. The molecule has 1 aromatic rings. The van der Waals surface area contributed by atoms with Gasteiger partial charge in [-0.1, -0.05) is 45.0 Å². The van der Waals surface area contributed by atoms with Crippen LogP contribution in [0.4, 0.5) is 0 Å². The SMILES string of the molecule is CCN(CC)C(=O)CSCC(=O)N1CCCC1c1ccc(C(C)(C)C)cc1. The highest BCUT2D eigenvalue weighted by Gasteiger charge is 2.30. The van der Waals surface area contributed by atoms with Gasteiger partial charge in [0.1, 0.15) is 0 Å². The molecular formula is C22H34N2O2S. The molecule has 1 unspecified atom stereocenters. The molecule has 1 saturated heterocycles. The second-order valence-corrected chi connectivity index (χ2v) is 9.16. The van der Waals surface area contributed by atoms with Crippen LogP contribution in [0.25, 0.3) is 0 Å². The fourth-order valence-electron chi connectivity index (χ4n) is 3.59. The molecule has 1 fully saturated rings. The molecule has 0 spiro atoms. The monoisotopic (exact) mass is 390 g/mol. The first-order chi connectivity index (χ1) is 12.8. The zero-order valence-electron chi connectivity index (χ0n) is 17.5. The summed E-state index contributed by atoms with van der Waals surface area (Å²) in [5.74, 6) is 1.03. The number of likely N-dealkylation sites (tertiary alicyclic amines) is 1. The number of rotatable bonds is 7. The molecule has 1 aromatic carbocycles. The summed E-state index contributed by atoms with van der Waals surface area (Å²) in [5.41, 5.74) is 2.67. The second-order valence-electron chi connectivity index (χ2n) is 8.18. The number of carbonyl (C=O) groups excluding carboxylic acids is 2. The first kappa shape index (κ1) is 21.8. The van der Waals surface area contributed by atoms with Crippen molar-refractivity contribution < 1.29 is 9.59 Å². The van der Waals surface area contributed by atoms with E-state index in [4.69, 9.17) is 0 Å². The molecule has 150 valence electrons. The minimum atomic E-state index is 0.119. The predicted octanol–water partition coefficient (Wildman–Crippen LogP) is 4.25. The van der Waals surface area contributed by atoms with Crippen LogP contribution in [-0.4, -0.2) is 52.8 Å². The van der Waals surface area contributed by atoms with Gasteiger partial charge in [-0.2, -0.15) is 0 Å². The summed E-state index contributed by atoms with van der Waals surface area (Å²) in [6.45, 7) is 12.9. The van der Waals surface area contributed by atoms with Gasteiger partial charge in [-0.25, -0.2) is 0 Å². The highest BCUT2D eigenvalue weighted by Crippen LogP contribution is 2.33. The van der Waals surface area contributed by atoms with Crippen LogP contribution in [0.15, 0.2) is 24.3 Å². The van der Waals surface area contributed by atoms with Gasteiger partial charge in [0.15, 0.2) is 0 Å². The van der Waals surface area contributed by atoms with E-state index in [2.05, 4.69) is 45.0 Å². The molecule has 5 heteroatoms. The van der Waals surface area contributed by atoms with Crippen molar-refractivity contribution in [3.8, 4) is 0 Å². The van der Waals surface area contributed by atoms with Crippen LogP contribution in [0.5, 0.6) is 0 Å². The van der Waals surface area contributed by atoms with Crippen LogP contribution < -0.4 is 0 Å². The molecular weight excluding hydrogens is 356 g/mol. The highest BCUT2D eigenvalue weighted by atomic mass is 32.2. The summed E-state index contributed by atoms with van der Waals surface area (Å²) in [7, 11) is 0. The van der Waals surface area contributed by atoms with Crippen molar-refractivity contribution in [1.82, 2.24) is 9.80 Å². The van der Waals surface area contributed by atoms with E-state index in [-0.39, 0.29) is 23.3 Å². The molecule has 0 N–H and O–H groups in total. The number of amides is 2. The lowest BCUT2D eigenvalue weighted by Gasteiger charge is -2.26. The fraction of sp³-hybridized carbons (Fsp3) is 0.636. The van der Waals surface area contributed by atoms with Gasteiger partial charge in [-0.3, -0.25) is 9.59 Å². The Morgan fingerprint density at radius 2 is 1.74 bits per heavy atom. The second kappa shape index (κ2) is 9.63. The Hall–Kier alpha value is -1.49. The average molecular weight is 391 g/mol. The van der Waals surface area contributed by atoms with E-state index in [9.17, 15) is 9.59 Å². The highest BCUT2D eigenvalue weighted by molar-refractivity contribution is 8.00. The van der Waals surface area contributed by atoms with Gasteiger partial charge >= 0.3 is 0 Å². The number of benzene rings is 1. The van der Waals surface area contributed by atoms with Crippen LogP contribution in [0, 0.1) is 0 Å². The van der Waals surface area contributed by atoms with E-state index < -0.39 is 0 Å². The van der Waals surface area contributed by atoms with Crippen molar-refractivity contribution in [3.05, 3.63) is 35.4 Å². The molecule has 1 heterocycles. The van der Waals surface area contributed by atoms with E-state index in [0.29, 0.717) is 11.5 Å². The third kappa shape index (κ3) is 5.74. The van der Waals surface area contributed by atoms with Crippen LogP contribution in [0.1, 0.15) is 64.6 Å². The molecule has 1 atom stereocenters. The van der Waals surface area contributed by atoms with E-state index in [1.165, 1.54) is 22.9 Å². The standard InChI is InChI=1S/C22H34N2O2S/c1-6-23(7-2)20(25)15-27-16-21(26)24-14-8-9-19(24)17-10-12-18(13-11-17)22(3,4)5/h10-13,19H,6-9,14-16H2,1-5H3. The van der Waals surface area contributed by atoms with E-state index >= 15 is 0 Å². The molecule has 4 nitrogen and oxygen atoms in total. The minimum Gasteiger partial charge on any atom is -0.343 e. The molecule has 0 aromatic heterocycles. The van der Waals surface area contributed by atoms with Crippen LogP contribution in [-0.2, 0) is 15.0 Å². The molecule has 1 aliphatic heterocycles. The van der Waals surface area contributed by atoms with Crippen LogP contribution in [0.3, 0.4) is 0 Å². The van der Waals surface area contributed by atoms with Crippen molar-refractivity contribution >= 4 is 23.6 Å². The van der Waals surface area contributed by atoms with Crippen molar-refractivity contribution in [2.45, 2.75) is 58.9 Å². The summed E-state index contributed by atoms with van der Waals surface area (Å²) in [6.07, 6.45) is 2.06. The molecule has 2 rings (SSSR count).